The molecule has 0 aliphatic rings. The van der Waals surface area contributed by atoms with Gasteiger partial charge in [0, 0.05) is 10.4 Å². The molecule has 0 bridgehead atoms. The van der Waals surface area contributed by atoms with Crippen molar-refractivity contribution < 1.29 is 4.42 Å². The molecule has 0 amide bonds. The van der Waals surface area contributed by atoms with Gasteiger partial charge in [-0.25, -0.2) is 0 Å². The second kappa shape index (κ2) is 5.49. The summed E-state index contributed by atoms with van der Waals surface area (Å²) in [5.74, 6) is 0.795. The first kappa shape index (κ1) is 13.5. The van der Waals surface area contributed by atoms with Gasteiger partial charge in [-0.2, -0.15) is 0 Å². The van der Waals surface area contributed by atoms with Crippen molar-refractivity contribution in [3.8, 4) is 0 Å². The molecule has 1 aromatic heterocycles. The Morgan fingerprint density at radius 3 is 2.45 bits per heavy atom. The number of halogens is 2. The minimum absolute atomic E-state index is 0.104. The third kappa shape index (κ3) is 2.31. The van der Waals surface area contributed by atoms with Gasteiger partial charge in [0.2, 0.25) is 0 Å². The number of furan rings is 1. The van der Waals surface area contributed by atoms with Crippen LogP contribution in [0.5, 0.6) is 0 Å². The summed E-state index contributed by atoms with van der Waals surface area (Å²) in [6.07, 6.45) is 0. The smallest absolute Gasteiger partial charge is 0.152 e. The third-order valence-corrected chi connectivity index (χ3v) is 3.95. The third-order valence-electron chi connectivity index (χ3n) is 3.30. The Morgan fingerprint density at radius 2 is 1.75 bits per heavy atom. The van der Waals surface area contributed by atoms with Gasteiger partial charge in [-0.1, -0.05) is 53.5 Å². The highest BCUT2D eigenvalue weighted by Crippen LogP contribution is 2.33. The monoisotopic (exact) mass is 305 g/mol. The highest BCUT2D eigenvalue weighted by molar-refractivity contribution is 6.34. The summed E-state index contributed by atoms with van der Waals surface area (Å²) in [6, 6.07) is 15.3. The average Bonchev–Trinajstić information content (AvgIpc) is 2.87. The van der Waals surface area contributed by atoms with Gasteiger partial charge in [0.1, 0.15) is 5.76 Å². The number of hydrogen-bond acceptors (Lipinski definition) is 2. The first-order valence-electron chi connectivity index (χ1n) is 6.30. The van der Waals surface area contributed by atoms with Crippen LogP contribution in [0.3, 0.4) is 0 Å². The Balaban J connectivity index is 2.12. The summed E-state index contributed by atoms with van der Waals surface area (Å²) in [6.45, 7) is 0. The summed E-state index contributed by atoms with van der Waals surface area (Å²) in [5, 5.41) is 5.54. The summed E-state index contributed by atoms with van der Waals surface area (Å²) < 4.78 is 5.91. The molecular weight excluding hydrogens is 293 g/mol. The van der Waals surface area contributed by atoms with E-state index in [0.29, 0.717) is 15.6 Å². The number of rotatable bonds is 3. The van der Waals surface area contributed by atoms with Gasteiger partial charge in [0.15, 0.2) is 5.58 Å². The van der Waals surface area contributed by atoms with Crippen LogP contribution in [0.25, 0.3) is 11.0 Å². The number of nitrogens with one attached hydrogen (secondary N) is 1. The van der Waals surface area contributed by atoms with E-state index >= 15 is 0 Å². The molecule has 4 heteroatoms. The minimum atomic E-state index is -0.104. The van der Waals surface area contributed by atoms with Crippen LogP contribution in [0.15, 0.2) is 52.9 Å². The maximum absolute atomic E-state index is 6.27. The molecule has 0 saturated heterocycles. The molecule has 3 aromatic rings. The topological polar surface area (TPSA) is 25.2 Å². The standard InChI is InChI=1S/C16H13Cl2NO/c1-19-15(11-6-2-3-7-12(11)17)14-9-10-5-4-8-13(18)16(10)20-14/h2-9,15,19H,1H3. The van der Waals surface area contributed by atoms with Crippen LogP contribution in [0.2, 0.25) is 10.0 Å². The van der Waals surface area contributed by atoms with Gasteiger partial charge in [-0.3, -0.25) is 0 Å². The Kier molecular flexibility index (Phi) is 3.70. The van der Waals surface area contributed by atoms with Crippen molar-refractivity contribution in [1.82, 2.24) is 5.32 Å². The molecule has 3 rings (SSSR count). The number of benzene rings is 2. The lowest BCUT2D eigenvalue weighted by molar-refractivity contribution is 0.492. The molecule has 0 spiro atoms. The average molecular weight is 306 g/mol. The summed E-state index contributed by atoms with van der Waals surface area (Å²) >= 11 is 12.4. The van der Waals surface area contributed by atoms with Crippen molar-refractivity contribution in [1.29, 1.82) is 0 Å². The normalized spacial score (nSPS) is 12.8. The van der Waals surface area contributed by atoms with Crippen LogP contribution in [0.4, 0.5) is 0 Å². The lowest BCUT2D eigenvalue weighted by Gasteiger charge is -2.15. The van der Waals surface area contributed by atoms with E-state index in [1.807, 2.05) is 55.6 Å². The summed E-state index contributed by atoms with van der Waals surface area (Å²) in [5.41, 5.74) is 1.68. The van der Waals surface area contributed by atoms with Gasteiger partial charge in [-0.15, -0.1) is 0 Å². The van der Waals surface area contributed by atoms with Crippen LogP contribution < -0.4 is 5.32 Å². The molecule has 102 valence electrons. The van der Waals surface area contributed by atoms with Crippen molar-refractivity contribution in [2.45, 2.75) is 6.04 Å². The van der Waals surface area contributed by atoms with Gasteiger partial charge in [0.25, 0.3) is 0 Å². The van der Waals surface area contributed by atoms with E-state index in [-0.39, 0.29) is 6.04 Å². The quantitative estimate of drug-likeness (QED) is 0.732. The van der Waals surface area contributed by atoms with E-state index in [0.717, 1.165) is 16.7 Å². The Labute approximate surface area is 127 Å². The van der Waals surface area contributed by atoms with Crippen molar-refractivity contribution >= 4 is 34.2 Å². The largest absolute Gasteiger partial charge is 0.457 e. The molecule has 0 aliphatic heterocycles. The molecule has 2 aromatic carbocycles. The van der Waals surface area contributed by atoms with E-state index in [1.54, 1.807) is 0 Å². The van der Waals surface area contributed by atoms with Gasteiger partial charge < -0.3 is 9.73 Å². The lowest BCUT2D eigenvalue weighted by Crippen LogP contribution is -2.17. The predicted octanol–water partition coefficient (Wildman–Crippen LogP) is 5.05. The van der Waals surface area contributed by atoms with Crippen molar-refractivity contribution in [2.75, 3.05) is 7.05 Å². The molecule has 20 heavy (non-hydrogen) atoms. The molecular formula is C16H13Cl2NO. The molecule has 0 saturated carbocycles. The first-order chi connectivity index (χ1) is 9.70. The molecule has 0 radical (unpaired) electrons. The van der Waals surface area contributed by atoms with E-state index in [2.05, 4.69) is 5.32 Å². The molecule has 1 heterocycles. The Morgan fingerprint density at radius 1 is 1.00 bits per heavy atom. The fourth-order valence-corrected chi connectivity index (χ4v) is 2.82. The van der Waals surface area contributed by atoms with Crippen LogP contribution in [0.1, 0.15) is 17.4 Å². The fraction of sp³-hybridized carbons (Fsp3) is 0.125. The zero-order valence-corrected chi connectivity index (χ0v) is 12.4. The van der Waals surface area contributed by atoms with E-state index in [4.69, 9.17) is 27.6 Å². The first-order valence-corrected chi connectivity index (χ1v) is 7.06. The van der Waals surface area contributed by atoms with Crippen molar-refractivity contribution in [2.24, 2.45) is 0 Å². The van der Waals surface area contributed by atoms with Crippen LogP contribution in [-0.4, -0.2) is 7.05 Å². The highest BCUT2D eigenvalue weighted by atomic mass is 35.5. The SMILES string of the molecule is CNC(c1cc2cccc(Cl)c2o1)c1ccccc1Cl. The predicted molar refractivity (Wildman–Crippen MR) is 83.6 cm³/mol. The molecule has 1 N–H and O–H groups in total. The van der Waals surface area contributed by atoms with Crippen molar-refractivity contribution in [3.63, 3.8) is 0 Å². The van der Waals surface area contributed by atoms with Crippen LogP contribution in [-0.2, 0) is 0 Å². The molecule has 0 aliphatic carbocycles. The molecule has 0 fully saturated rings. The van der Waals surface area contributed by atoms with E-state index in [1.165, 1.54) is 0 Å². The van der Waals surface area contributed by atoms with Crippen LogP contribution >= 0.6 is 23.2 Å². The second-order valence-electron chi connectivity index (χ2n) is 4.55. The molecule has 1 unspecified atom stereocenters. The van der Waals surface area contributed by atoms with Gasteiger partial charge in [0.05, 0.1) is 11.1 Å². The molecule has 1 atom stereocenters. The fourth-order valence-electron chi connectivity index (χ4n) is 2.35. The zero-order valence-electron chi connectivity index (χ0n) is 10.9. The van der Waals surface area contributed by atoms with Crippen molar-refractivity contribution in [3.05, 3.63) is 69.9 Å². The summed E-state index contributed by atoms with van der Waals surface area (Å²) in [4.78, 5) is 0. The zero-order chi connectivity index (χ0) is 14.1. The highest BCUT2D eigenvalue weighted by Gasteiger charge is 2.19. The Bertz CT molecular complexity index is 751. The van der Waals surface area contributed by atoms with Gasteiger partial charge in [-0.05, 0) is 30.8 Å². The number of hydrogen-bond donors (Lipinski definition) is 1. The molecule has 2 nitrogen and oxygen atoms in total. The maximum Gasteiger partial charge on any atom is 0.152 e. The Hall–Kier alpha value is -1.48. The minimum Gasteiger partial charge on any atom is -0.457 e. The van der Waals surface area contributed by atoms with E-state index < -0.39 is 0 Å². The lowest BCUT2D eigenvalue weighted by atomic mass is 10.0. The number of para-hydroxylation sites is 1. The van der Waals surface area contributed by atoms with Crippen LogP contribution in [0, 0.1) is 0 Å². The van der Waals surface area contributed by atoms with E-state index in [9.17, 15) is 0 Å². The summed E-state index contributed by atoms with van der Waals surface area (Å²) in [7, 11) is 1.88. The second-order valence-corrected chi connectivity index (χ2v) is 5.36. The van der Waals surface area contributed by atoms with Gasteiger partial charge >= 0.3 is 0 Å². The maximum atomic E-state index is 6.27. The number of fused-ring (bicyclic) bond motifs is 1.